The number of nitrogens with one attached hydrogen (secondary N) is 3. The molecule has 0 bridgehead atoms. The molecule has 0 saturated carbocycles. The lowest BCUT2D eigenvalue weighted by molar-refractivity contribution is 0.895. The van der Waals surface area contributed by atoms with Crippen molar-refractivity contribution in [2.24, 2.45) is 0 Å². The Labute approximate surface area is 187 Å². The fraction of sp³-hybridized carbons (Fsp3) is 0.333. The van der Waals surface area contributed by atoms with Gasteiger partial charge in [0.05, 0.1) is 34.1 Å². The second kappa shape index (κ2) is 10.3. The minimum atomic E-state index is 0.330. The first kappa shape index (κ1) is 22.5. The minimum absolute atomic E-state index is 0.330. The summed E-state index contributed by atoms with van der Waals surface area (Å²) < 4.78 is 0. The summed E-state index contributed by atoms with van der Waals surface area (Å²) in [7, 11) is 0. The molecule has 0 aromatic heterocycles. The van der Waals surface area contributed by atoms with E-state index in [9.17, 15) is 0 Å². The molecule has 0 spiro atoms. The van der Waals surface area contributed by atoms with E-state index in [0.29, 0.717) is 18.1 Å². The monoisotopic (exact) mass is 416 g/mol. The normalized spacial score (nSPS) is 11.1. The van der Waals surface area contributed by atoms with Crippen LogP contribution in [0.2, 0.25) is 0 Å². The van der Waals surface area contributed by atoms with Gasteiger partial charge in [-0.15, -0.1) is 0 Å². The molecule has 0 amide bonds. The van der Waals surface area contributed by atoms with E-state index in [0.717, 1.165) is 34.1 Å². The van der Waals surface area contributed by atoms with Gasteiger partial charge in [0.1, 0.15) is 0 Å². The summed E-state index contributed by atoms with van der Waals surface area (Å²) in [6.07, 6.45) is 0. The van der Waals surface area contributed by atoms with Crippen LogP contribution in [0.15, 0.2) is 72.8 Å². The third-order valence-corrected chi connectivity index (χ3v) is 4.77. The van der Waals surface area contributed by atoms with Crippen LogP contribution in [0.5, 0.6) is 0 Å². The molecular weight excluding hydrogens is 380 g/mol. The summed E-state index contributed by atoms with van der Waals surface area (Å²) in [5.41, 5.74) is 6.68. The van der Waals surface area contributed by atoms with Crippen LogP contribution in [0, 0.1) is 0 Å². The Morgan fingerprint density at radius 3 is 0.968 bits per heavy atom. The SMILES string of the molecule is CC(C)Nc1ccccc1N(c1ccccc1NC(C)C)c1ccccc1NC(C)C. The predicted molar refractivity (Wildman–Crippen MR) is 137 cm³/mol. The fourth-order valence-electron chi connectivity index (χ4n) is 3.69. The number of para-hydroxylation sites is 6. The van der Waals surface area contributed by atoms with Gasteiger partial charge in [0.25, 0.3) is 0 Å². The van der Waals surface area contributed by atoms with Crippen LogP contribution in [0.3, 0.4) is 0 Å². The average Bonchev–Trinajstić information content (AvgIpc) is 2.70. The van der Waals surface area contributed by atoms with E-state index in [1.807, 2.05) is 0 Å². The lowest BCUT2D eigenvalue weighted by Gasteiger charge is -2.32. The number of hydrogen-bond acceptors (Lipinski definition) is 4. The maximum absolute atomic E-state index is 3.63. The second-order valence-electron chi connectivity index (χ2n) is 8.78. The smallest absolute Gasteiger partial charge is 0.0695 e. The van der Waals surface area contributed by atoms with E-state index in [1.54, 1.807) is 0 Å². The molecular formula is C27H36N4. The van der Waals surface area contributed by atoms with E-state index in [4.69, 9.17) is 0 Å². The van der Waals surface area contributed by atoms with Crippen LogP contribution in [0.1, 0.15) is 41.5 Å². The quantitative estimate of drug-likeness (QED) is 0.335. The summed E-state index contributed by atoms with van der Waals surface area (Å²) in [6.45, 7) is 13.0. The van der Waals surface area contributed by atoms with Gasteiger partial charge in [-0.25, -0.2) is 0 Å². The molecule has 3 aromatic carbocycles. The molecule has 3 N–H and O–H groups in total. The van der Waals surface area contributed by atoms with Crippen LogP contribution in [0.25, 0.3) is 0 Å². The van der Waals surface area contributed by atoms with Gasteiger partial charge in [-0.05, 0) is 77.9 Å². The van der Waals surface area contributed by atoms with Crippen LogP contribution >= 0.6 is 0 Å². The molecule has 0 unspecified atom stereocenters. The van der Waals surface area contributed by atoms with Gasteiger partial charge in [-0.2, -0.15) is 0 Å². The van der Waals surface area contributed by atoms with Gasteiger partial charge in [0.2, 0.25) is 0 Å². The summed E-state index contributed by atoms with van der Waals surface area (Å²) in [6, 6.07) is 26.6. The average molecular weight is 417 g/mol. The molecule has 164 valence electrons. The molecule has 0 aliphatic carbocycles. The fourth-order valence-corrected chi connectivity index (χ4v) is 3.69. The lowest BCUT2D eigenvalue weighted by atomic mass is 10.1. The number of anilines is 6. The van der Waals surface area contributed by atoms with Gasteiger partial charge < -0.3 is 20.9 Å². The van der Waals surface area contributed by atoms with Crippen molar-refractivity contribution in [1.82, 2.24) is 0 Å². The Bertz CT molecular complexity index is 851. The number of nitrogens with zero attached hydrogens (tertiary/aromatic N) is 1. The maximum Gasteiger partial charge on any atom is 0.0695 e. The summed E-state index contributed by atoms with van der Waals surface area (Å²) in [4.78, 5) is 2.35. The highest BCUT2D eigenvalue weighted by atomic mass is 15.2. The van der Waals surface area contributed by atoms with E-state index in [-0.39, 0.29) is 0 Å². The molecule has 0 aliphatic heterocycles. The Kier molecular flexibility index (Phi) is 7.45. The van der Waals surface area contributed by atoms with Gasteiger partial charge in [0, 0.05) is 18.1 Å². The van der Waals surface area contributed by atoms with Crippen LogP contribution in [0.4, 0.5) is 34.1 Å². The first-order chi connectivity index (χ1) is 14.9. The Balaban J connectivity index is 2.26. The third-order valence-electron chi connectivity index (χ3n) is 4.77. The Hall–Kier alpha value is -3.14. The number of hydrogen-bond donors (Lipinski definition) is 3. The van der Waals surface area contributed by atoms with Gasteiger partial charge >= 0.3 is 0 Å². The minimum Gasteiger partial charge on any atom is -0.381 e. The highest BCUT2D eigenvalue weighted by Crippen LogP contribution is 2.45. The Morgan fingerprint density at radius 2 is 0.710 bits per heavy atom. The van der Waals surface area contributed by atoms with Crippen molar-refractivity contribution < 1.29 is 0 Å². The molecule has 3 rings (SSSR count). The zero-order chi connectivity index (χ0) is 22.4. The zero-order valence-corrected chi connectivity index (χ0v) is 19.6. The van der Waals surface area contributed by atoms with E-state index in [2.05, 4.69) is 135 Å². The first-order valence-corrected chi connectivity index (χ1v) is 11.2. The van der Waals surface area contributed by atoms with Crippen LogP contribution < -0.4 is 20.9 Å². The molecule has 0 heterocycles. The second-order valence-corrected chi connectivity index (χ2v) is 8.78. The van der Waals surface area contributed by atoms with Crippen molar-refractivity contribution in [2.75, 3.05) is 20.9 Å². The zero-order valence-electron chi connectivity index (χ0n) is 19.6. The summed E-state index contributed by atoms with van der Waals surface area (Å²) in [5.74, 6) is 0. The number of rotatable bonds is 9. The Morgan fingerprint density at radius 1 is 0.452 bits per heavy atom. The van der Waals surface area contributed by atoms with E-state index >= 15 is 0 Å². The third kappa shape index (κ3) is 5.72. The summed E-state index contributed by atoms with van der Waals surface area (Å²) >= 11 is 0. The van der Waals surface area contributed by atoms with E-state index in [1.165, 1.54) is 0 Å². The van der Waals surface area contributed by atoms with Crippen molar-refractivity contribution >= 4 is 34.1 Å². The largest absolute Gasteiger partial charge is 0.381 e. The lowest BCUT2D eigenvalue weighted by Crippen LogP contribution is -2.20. The van der Waals surface area contributed by atoms with Crippen molar-refractivity contribution in [1.29, 1.82) is 0 Å². The summed E-state index contributed by atoms with van der Waals surface area (Å²) in [5, 5.41) is 10.9. The predicted octanol–water partition coefficient (Wildman–Crippen LogP) is 7.62. The molecule has 0 radical (unpaired) electrons. The van der Waals surface area contributed by atoms with Crippen molar-refractivity contribution in [3.63, 3.8) is 0 Å². The van der Waals surface area contributed by atoms with Crippen molar-refractivity contribution in [2.45, 2.75) is 59.7 Å². The van der Waals surface area contributed by atoms with Gasteiger partial charge in [-0.3, -0.25) is 0 Å². The molecule has 4 heteroatoms. The maximum atomic E-state index is 3.63. The topological polar surface area (TPSA) is 39.3 Å². The molecule has 0 atom stereocenters. The van der Waals surface area contributed by atoms with Crippen LogP contribution in [-0.2, 0) is 0 Å². The van der Waals surface area contributed by atoms with Crippen molar-refractivity contribution in [3.8, 4) is 0 Å². The van der Waals surface area contributed by atoms with Crippen molar-refractivity contribution in [3.05, 3.63) is 72.8 Å². The molecule has 3 aromatic rings. The standard InChI is InChI=1S/C27H36N4/c1-19(2)28-22-13-7-10-16-25(22)31(26-17-11-8-14-23(26)29-20(3)4)27-18-12-9-15-24(27)30-21(5)6/h7-21,28-30H,1-6H3. The first-order valence-electron chi connectivity index (χ1n) is 11.2. The van der Waals surface area contributed by atoms with Gasteiger partial charge in [-0.1, -0.05) is 36.4 Å². The van der Waals surface area contributed by atoms with E-state index < -0.39 is 0 Å². The molecule has 4 nitrogen and oxygen atoms in total. The molecule has 0 aliphatic rings. The highest BCUT2D eigenvalue weighted by molar-refractivity contribution is 5.93. The molecule has 0 saturated heterocycles. The van der Waals surface area contributed by atoms with Gasteiger partial charge in [0.15, 0.2) is 0 Å². The number of benzene rings is 3. The molecule has 31 heavy (non-hydrogen) atoms. The highest BCUT2D eigenvalue weighted by Gasteiger charge is 2.21. The van der Waals surface area contributed by atoms with Crippen LogP contribution in [-0.4, -0.2) is 18.1 Å². The molecule has 0 fully saturated rings.